The third kappa shape index (κ3) is 2.99. The highest BCUT2D eigenvalue weighted by molar-refractivity contribution is 9.10. The molecule has 0 bridgehead atoms. The molecule has 1 unspecified atom stereocenters. The molecular formula is C10H14BrNO. The molecule has 72 valence electrons. The van der Waals surface area contributed by atoms with E-state index in [1.807, 2.05) is 19.9 Å². The van der Waals surface area contributed by atoms with Crippen molar-refractivity contribution >= 4 is 15.9 Å². The van der Waals surface area contributed by atoms with Gasteiger partial charge in [-0.15, -0.1) is 0 Å². The number of ether oxygens (including phenoxy) is 1. The Hall–Kier alpha value is -0.570. The van der Waals surface area contributed by atoms with Crippen molar-refractivity contribution in [1.29, 1.82) is 0 Å². The molecule has 1 atom stereocenters. The predicted octanol–water partition coefficient (Wildman–Crippen LogP) is 3.33. The zero-order valence-electron chi connectivity index (χ0n) is 8.17. The Morgan fingerprint density at radius 1 is 1.62 bits per heavy atom. The molecule has 0 aliphatic heterocycles. The van der Waals surface area contributed by atoms with Crippen molar-refractivity contribution in [3.63, 3.8) is 0 Å². The number of hydrogen-bond donors (Lipinski definition) is 0. The Balaban J connectivity index is 2.73. The minimum Gasteiger partial charge on any atom is -0.475 e. The smallest absolute Gasteiger partial charge is 0.213 e. The van der Waals surface area contributed by atoms with E-state index in [2.05, 4.69) is 27.8 Å². The van der Waals surface area contributed by atoms with Crippen LogP contribution in [0.3, 0.4) is 0 Å². The van der Waals surface area contributed by atoms with Crippen LogP contribution in [-0.4, -0.2) is 11.1 Å². The SMILES string of the molecule is CCC(C)Oc1cc(C)c(Br)cn1. The number of pyridine rings is 1. The number of rotatable bonds is 3. The van der Waals surface area contributed by atoms with Gasteiger partial charge in [-0.05, 0) is 41.8 Å². The summed E-state index contributed by atoms with van der Waals surface area (Å²) in [5.41, 5.74) is 1.15. The van der Waals surface area contributed by atoms with Gasteiger partial charge in [0.1, 0.15) is 0 Å². The van der Waals surface area contributed by atoms with Crippen LogP contribution in [0.15, 0.2) is 16.7 Å². The summed E-state index contributed by atoms with van der Waals surface area (Å²) < 4.78 is 6.58. The van der Waals surface area contributed by atoms with Gasteiger partial charge in [0.2, 0.25) is 5.88 Å². The van der Waals surface area contributed by atoms with Crippen LogP contribution in [0.5, 0.6) is 5.88 Å². The van der Waals surface area contributed by atoms with Crippen LogP contribution in [-0.2, 0) is 0 Å². The Kier molecular flexibility index (Phi) is 3.72. The van der Waals surface area contributed by atoms with Gasteiger partial charge in [0, 0.05) is 16.7 Å². The first kappa shape index (κ1) is 10.5. The molecule has 13 heavy (non-hydrogen) atoms. The summed E-state index contributed by atoms with van der Waals surface area (Å²) in [4.78, 5) is 4.16. The molecule has 0 spiro atoms. The summed E-state index contributed by atoms with van der Waals surface area (Å²) in [7, 11) is 0. The number of aromatic nitrogens is 1. The highest BCUT2D eigenvalue weighted by Gasteiger charge is 2.03. The van der Waals surface area contributed by atoms with Gasteiger partial charge in [-0.1, -0.05) is 6.92 Å². The maximum absolute atomic E-state index is 5.57. The van der Waals surface area contributed by atoms with E-state index in [0.717, 1.165) is 16.5 Å². The molecule has 1 aromatic heterocycles. The first-order valence-electron chi connectivity index (χ1n) is 4.42. The van der Waals surface area contributed by atoms with Gasteiger partial charge in [-0.25, -0.2) is 4.98 Å². The zero-order valence-corrected chi connectivity index (χ0v) is 9.76. The number of aryl methyl sites for hydroxylation is 1. The molecule has 0 radical (unpaired) electrons. The fraction of sp³-hybridized carbons (Fsp3) is 0.500. The highest BCUT2D eigenvalue weighted by atomic mass is 79.9. The van der Waals surface area contributed by atoms with E-state index < -0.39 is 0 Å². The largest absolute Gasteiger partial charge is 0.475 e. The summed E-state index contributed by atoms with van der Waals surface area (Å²) in [6.07, 6.45) is 3.00. The monoisotopic (exact) mass is 243 g/mol. The fourth-order valence-electron chi connectivity index (χ4n) is 0.867. The molecule has 1 heterocycles. The molecule has 0 aliphatic rings. The van der Waals surface area contributed by atoms with Crippen molar-refractivity contribution in [3.8, 4) is 5.88 Å². The zero-order chi connectivity index (χ0) is 9.84. The van der Waals surface area contributed by atoms with Crippen molar-refractivity contribution in [2.24, 2.45) is 0 Å². The van der Waals surface area contributed by atoms with Gasteiger partial charge in [0.05, 0.1) is 6.10 Å². The van der Waals surface area contributed by atoms with Gasteiger partial charge in [-0.3, -0.25) is 0 Å². The molecular weight excluding hydrogens is 230 g/mol. The maximum atomic E-state index is 5.57. The highest BCUT2D eigenvalue weighted by Crippen LogP contribution is 2.19. The van der Waals surface area contributed by atoms with Crippen LogP contribution in [0.1, 0.15) is 25.8 Å². The first-order valence-corrected chi connectivity index (χ1v) is 5.21. The molecule has 0 fully saturated rings. The summed E-state index contributed by atoms with van der Waals surface area (Å²) >= 11 is 3.39. The Morgan fingerprint density at radius 3 is 2.85 bits per heavy atom. The third-order valence-corrected chi connectivity index (χ3v) is 2.75. The lowest BCUT2D eigenvalue weighted by Gasteiger charge is -2.11. The van der Waals surface area contributed by atoms with Crippen LogP contribution in [0.25, 0.3) is 0 Å². The summed E-state index contributed by atoms with van der Waals surface area (Å²) in [6.45, 7) is 6.16. The molecule has 1 rings (SSSR count). The van der Waals surface area contributed by atoms with E-state index in [-0.39, 0.29) is 6.10 Å². The van der Waals surface area contributed by atoms with Gasteiger partial charge in [-0.2, -0.15) is 0 Å². The average molecular weight is 244 g/mol. The quantitative estimate of drug-likeness (QED) is 0.813. The molecule has 0 N–H and O–H groups in total. The van der Waals surface area contributed by atoms with Gasteiger partial charge < -0.3 is 4.74 Å². The van der Waals surface area contributed by atoms with Gasteiger partial charge >= 0.3 is 0 Å². The van der Waals surface area contributed by atoms with Crippen LogP contribution < -0.4 is 4.74 Å². The molecule has 1 aromatic rings. The lowest BCUT2D eigenvalue weighted by molar-refractivity contribution is 0.208. The normalized spacial score (nSPS) is 12.6. The molecule has 2 nitrogen and oxygen atoms in total. The molecule has 0 aromatic carbocycles. The van der Waals surface area contributed by atoms with E-state index in [0.29, 0.717) is 5.88 Å². The predicted molar refractivity (Wildman–Crippen MR) is 57.1 cm³/mol. The van der Waals surface area contributed by atoms with E-state index in [1.165, 1.54) is 0 Å². The molecule has 0 saturated heterocycles. The number of nitrogens with zero attached hydrogens (tertiary/aromatic N) is 1. The second-order valence-corrected chi connectivity index (χ2v) is 3.96. The second-order valence-electron chi connectivity index (χ2n) is 3.11. The summed E-state index contributed by atoms with van der Waals surface area (Å²) in [5, 5.41) is 0. The lowest BCUT2D eigenvalue weighted by atomic mass is 10.3. The molecule has 0 amide bonds. The molecule has 0 saturated carbocycles. The van der Waals surface area contributed by atoms with E-state index >= 15 is 0 Å². The van der Waals surface area contributed by atoms with Crippen molar-refractivity contribution in [3.05, 3.63) is 22.3 Å². The topological polar surface area (TPSA) is 22.1 Å². The fourth-order valence-corrected chi connectivity index (χ4v) is 1.08. The number of halogens is 1. The maximum Gasteiger partial charge on any atom is 0.213 e. The van der Waals surface area contributed by atoms with E-state index in [4.69, 9.17) is 4.74 Å². The van der Waals surface area contributed by atoms with Crippen LogP contribution in [0, 0.1) is 6.92 Å². The van der Waals surface area contributed by atoms with Gasteiger partial charge in [0.25, 0.3) is 0 Å². The molecule has 0 aliphatic carbocycles. The van der Waals surface area contributed by atoms with E-state index in [9.17, 15) is 0 Å². The first-order chi connectivity index (χ1) is 6.13. The Labute approximate surface area is 87.5 Å². The Morgan fingerprint density at radius 2 is 2.31 bits per heavy atom. The molecule has 3 heteroatoms. The van der Waals surface area contributed by atoms with Crippen LogP contribution in [0.4, 0.5) is 0 Å². The van der Waals surface area contributed by atoms with Crippen molar-refractivity contribution in [1.82, 2.24) is 4.98 Å². The van der Waals surface area contributed by atoms with Crippen molar-refractivity contribution in [2.45, 2.75) is 33.3 Å². The van der Waals surface area contributed by atoms with Crippen molar-refractivity contribution in [2.75, 3.05) is 0 Å². The average Bonchev–Trinajstić information content (AvgIpc) is 2.11. The van der Waals surface area contributed by atoms with Crippen LogP contribution in [0.2, 0.25) is 0 Å². The van der Waals surface area contributed by atoms with Gasteiger partial charge in [0.15, 0.2) is 0 Å². The second kappa shape index (κ2) is 4.61. The number of hydrogen-bond acceptors (Lipinski definition) is 2. The lowest BCUT2D eigenvalue weighted by Crippen LogP contribution is -2.10. The van der Waals surface area contributed by atoms with E-state index in [1.54, 1.807) is 6.20 Å². The minimum atomic E-state index is 0.230. The Bertz CT molecular complexity index is 288. The van der Waals surface area contributed by atoms with Crippen molar-refractivity contribution < 1.29 is 4.74 Å². The standard InChI is InChI=1S/C10H14BrNO/c1-4-8(3)13-10-5-7(2)9(11)6-12-10/h5-6,8H,4H2,1-3H3. The minimum absolute atomic E-state index is 0.230. The third-order valence-electron chi connectivity index (χ3n) is 1.92. The summed E-state index contributed by atoms with van der Waals surface area (Å²) in [5.74, 6) is 0.704. The van der Waals surface area contributed by atoms with Crippen LogP contribution >= 0.6 is 15.9 Å². The summed E-state index contributed by atoms with van der Waals surface area (Å²) in [6, 6.07) is 1.94.